The van der Waals surface area contributed by atoms with Gasteiger partial charge in [-0.3, -0.25) is 9.69 Å². The number of nitrogens with zero attached hydrogens (tertiary/aromatic N) is 1. The quantitative estimate of drug-likeness (QED) is 0.693. The molecule has 116 valence electrons. The molecule has 0 spiro atoms. The number of hydrogen-bond acceptors (Lipinski definition) is 3. The molecule has 1 aliphatic rings. The van der Waals surface area contributed by atoms with E-state index in [0.717, 1.165) is 16.9 Å². The average Bonchev–Trinajstić information content (AvgIpc) is 2.82. The maximum absolute atomic E-state index is 11.9. The van der Waals surface area contributed by atoms with Crippen LogP contribution < -0.4 is 10.1 Å². The number of amides is 1. The second-order valence-electron chi connectivity index (χ2n) is 5.20. The van der Waals surface area contributed by atoms with E-state index in [1.807, 2.05) is 54.6 Å². The summed E-state index contributed by atoms with van der Waals surface area (Å²) in [5.74, 6) is 0.661. The molecule has 23 heavy (non-hydrogen) atoms. The Hall–Kier alpha value is -2.66. The molecule has 0 aromatic heterocycles. The Morgan fingerprint density at radius 1 is 1.13 bits per heavy atom. The first-order valence-electron chi connectivity index (χ1n) is 7.21. The van der Waals surface area contributed by atoms with E-state index in [9.17, 15) is 4.79 Å². The van der Waals surface area contributed by atoms with Crippen LogP contribution in [0.25, 0.3) is 6.08 Å². The van der Waals surface area contributed by atoms with E-state index < -0.39 is 0 Å². The predicted molar refractivity (Wildman–Crippen MR) is 93.7 cm³/mol. The molecule has 0 bridgehead atoms. The van der Waals surface area contributed by atoms with E-state index in [2.05, 4.69) is 5.32 Å². The molecule has 1 N–H and O–H groups in total. The third-order valence-electron chi connectivity index (χ3n) is 3.52. The summed E-state index contributed by atoms with van der Waals surface area (Å²) in [6.07, 6.45) is 1.78. The van der Waals surface area contributed by atoms with Gasteiger partial charge in [0, 0.05) is 7.05 Å². The van der Waals surface area contributed by atoms with Crippen LogP contribution in [0.5, 0.6) is 5.75 Å². The molecule has 1 fully saturated rings. The van der Waals surface area contributed by atoms with Gasteiger partial charge in [-0.2, -0.15) is 0 Å². The van der Waals surface area contributed by atoms with Gasteiger partial charge in [0.15, 0.2) is 5.11 Å². The Morgan fingerprint density at radius 3 is 2.43 bits per heavy atom. The van der Waals surface area contributed by atoms with E-state index in [-0.39, 0.29) is 5.91 Å². The second-order valence-corrected chi connectivity index (χ2v) is 5.58. The topological polar surface area (TPSA) is 41.6 Å². The van der Waals surface area contributed by atoms with E-state index >= 15 is 0 Å². The molecule has 1 amide bonds. The zero-order valence-corrected chi connectivity index (χ0v) is 13.5. The van der Waals surface area contributed by atoms with Crippen molar-refractivity contribution in [3.05, 3.63) is 71.4 Å². The van der Waals surface area contributed by atoms with Crippen molar-refractivity contribution in [2.45, 2.75) is 6.61 Å². The molecule has 1 aliphatic heterocycles. The van der Waals surface area contributed by atoms with Crippen LogP contribution in [0.15, 0.2) is 60.3 Å². The summed E-state index contributed by atoms with van der Waals surface area (Å²) in [5, 5.41) is 3.32. The molecule has 0 aliphatic carbocycles. The summed E-state index contributed by atoms with van der Waals surface area (Å²) >= 11 is 5.05. The van der Waals surface area contributed by atoms with Crippen LogP contribution in [0.3, 0.4) is 0 Å². The van der Waals surface area contributed by atoms with Gasteiger partial charge in [-0.05, 0) is 41.6 Å². The second kappa shape index (κ2) is 6.62. The van der Waals surface area contributed by atoms with E-state index in [1.54, 1.807) is 13.1 Å². The Kier molecular flexibility index (Phi) is 4.39. The maximum Gasteiger partial charge on any atom is 0.276 e. The van der Waals surface area contributed by atoms with Crippen molar-refractivity contribution in [2.24, 2.45) is 0 Å². The van der Waals surface area contributed by atoms with Crippen LogP contribution in [0.4, 0.5) is 0 Å². The number of hydrogen-bond donors (Lipinski definition) is 1. The van der Waals surface area contributed by atoms with Crippen LogP contribution in [-0.2, 0) is 11.4 Å². The molecule has 1 heterocycles. The molecular formula is C18H16N2O2S. The minimum absolute atomic E-state index is 0.126. The van der Waals surface area contributed by atoms with Crippen LogP contribution in [0.1, 0.15) is 11.1 Å². The first-order chi connectivity index (χ1) is 11.1. The lowest BCUT2D eigenvalue weighted by Crippen LogP contribution is -2.25. The van der Waals surface area contributed by atoms with Gasteiger partial charge in [0.25, 0.3) is 5.91 Å². The van der Waals surface area contributed by atoms with Gasteiger partial charge in [-0.15, -0.1) is 0 Å². The molecule has 0 saturated carbocycles. The summed E-state index contributed by atoms with van der Waals surface area (Å²) in [4.78, 5) is 13.3. The van der Waals surface area contributed by atoms with Gasteiger partial charge in [0.2, 0.25) is 0 Å². The fraction of sp³-hybridized carbons (Fsp3) is 0.111. The lowest BCUT2D eigenvalue weighted by molar-refractivity contribution is -0.121. The average molecular weight is 324 g/mol. The van der Waals surface area contributed by atoms with Crippen molar-refractivity contribution < 1.29 is 9.53 Å². The summed E-state index contributed by atoms with van der Waals surface area (Å²) in [7, 11) is 1.65. The van der Waals surface area contributed by atoms with Gasteiger partial charge in [0.1, 0.15) is 18.1 Å². The normalized spacial score (nSPS) is 15.9. The zero-order valence-electron chi connectivity index (χ0n) is 12.7. The van der Waals surface area contributed by atoms with Crippen LogP contribution in [0, 0.1) is 0 Å². The van der Waals surface area contributed by atoms with Crippen molar-refractivity contribution in [3.63, 3.8) is 0 Å². The molecule has 2 aromatic rings. The van der Waals surface area contributed by atoms with Crippen molar-refractivity contribution in [1.82, 2.24) is 10.2 Å². The number of rotatable bonds is 4. The highest BCUT2D eigenvalue weighted by Crippen LogP contribution is 2.17. The fourth-order valence-corrected chi connectivity index (χ4v) is 2.38. The van der Waals surface area contributed by atoms with E-state index in [0.29, 0.717) is 17.4 Å². The summed E-state index contributed by atoms with van der Waals surface area (Å²) in [6, 6.07) is 17.6. The van der Waals surface area contributed by atoms with Crippen molar-refractivity contribution in [1.29, 1.82) is 0 Å². The third-order valence-corrected chi connectivity index (χ3v) is 3.90. The Bertz CT molecular complexity index is 754. The van der Waals surface area contributed by atoms with Gasteiger partial charge < -0.3 is 10.1 Å². The van der Waals surface area contributed by atoms with Crippen LogP contribution in [-0.4, -0.2) is 23.0 Å². The van der Waals surface area contributed by atoms with E-state index in [4.69, 9.17) is 17.0 Å². The molecule has 0 atom stereocenters. The Labute approximate surface area is 140 Å². The standard InChI is InChI=1S/C18H16N2O2S/c1-20-17(21)16(19-18(20)23)11-13-7-9-15(10-8-13)22-12-14-5-3-2-4-6-14/h2-11H,12H2,1H3,(H,19,23)/b16-11+. The van der Waals surface area contributed by atoms with E-state index in [1.165, 1.54) is 4.90 Å². The monoisotopic (exact) mass is 324 g/mol. The first-order valence-corrected chi connectivity index (χ1v) is 7.62. The largest absolute Gasteiger partial charge is 0.489 e. The van der Waals surface area contributed by atoms with Gasteiger partial charge in [0.05, 0.1) is 0 Å². The molecule has 3 rings (SSSR count). The Balaban J connectivity index is 1.66. The molecule has 2 aromatic carbocycles. The molecule has 4 nitrogen and oxygen atoms in total. The molecule has 0 radical (unpaired) electrons. The summed E-state index contributed by atoms with van der Waals surface area (Å²) < 4.78 is 5.74. The number of carbonyl (C=O) groups is 1. The molecule has 5 heteroatoms. The highest BCUT2D eigenvalue weighted by atomic mass is 32.1. The van der Waals surface area contributed by atoms with Crippen molar-refractivity contribution in [3.8, 4) is 5.75 Å². The lowest BCUT2D eigenvalue weighted by atomic mass is 10.2. The number of ether oxygens (including phenoxy) is 1. The number of nitrogens with one attached hydrogen (secondary N) is 1. The maximum atomic E-state index is 11.9. The number of carbonyl (C=O) groups excluding carboxylic acids is 1. The third kappa shape index (κ3) is 3.57. The van der Waals surface area contributed by atoms with Gasteiger partial charge in [-0.1, -0.05) is 42.5 Å². The highest BCUT2D eigenvalue weighted by Gasteiger charge is 2.26. The molecule has 0 unspecified atom stereocenters. The summed E-state index contributed by atoms with van der Waals surface area (Å²) in [5.41, 5.74) is 2.51. The van der Waals surface area contributed by atoms with Gasteiger partial charge in [-0.25, -0.2) is 0 Å². The van der Waals surface area contributed by atoms with Crippen LogP contribution >= 0.6 is 12.2 Å². The first kappa shape index (κ1) is 15.2. The SMILES string of the molecule is CN1C(=O)/C(=C\c2ccc(OCc3ccccc3)cc2)NC1=S. The minimum atomic E-state index is -0.126. The summed E-state index contributed by atoms with van der Waals surface area (Å²) in [6.45, 7) is 0.528. The number of likely N-dealkylation sites (N-methyl/N-ethyl adjacent to an activating group) is 1. The van der Waals surface area contributed by atoms with Gasteiger partial charge >= 0.3 is 0 Å². The zero-order chi connectivity index (χ0) is 16.2. The molecule has 1 saturated heterocycles. The van der Waals surface area contributed by atoms with Crippen LogP contribution in [0.2, 0.25) is 0 Å². The van der Waals surface area contributed by atoms with Crippen molar-refractivity contribution >= 4 is 29.3 Å². The fourth-order valence-electron chi connectivity index (χ4n) is 2.19. The Morgan fingerprint density at radius 2 is 1.83 bits per heavy atom. The minimum Gasteiger partial charge on any atom is -0.489 e. The predicted octanol–water partition coefficient (Wildman–Crippen LogP) is 2.95. The molecular weight excluding hydrogens is 308 g/mol. The van der Waals surface area contributed by atoms with Crippen molar-refractivity contribution in [2.75, 3.05) is 7.05 Å². The smallest absolute Gasteiger partial charge is 0.276 e. The highest BCUT2D eigenvalue weighted by molar-refractivity contribution is 7.80. The lowest BCUT2D eigenvalue weighted by Gasteiger charge is -2.06. The number of thiocarbonyl (C=S) groups is 1. The number of benzene rings is 2.